The largest absolute Gasteiger partial charge is 0.439 e. The Morgan fingerprint density at radius 1 is 0.784 bits per heavy atom. The van der Waals surface area contributed by atoms with Gasteiger partial charge in [0.05, 0.1) is 16.9 Å². The molecular weight excluding hydrogens is 540 g/mol. The third-order valence-corrected chi connectivity index (χ3v) is 6.34. The van der Waals surface area contributed by atoms with Gasteiger partial charge in [0.25, 0.3) is 11.8 Å². The molecule has 5 N–H and O–H groups in total. The molecule has 0 radical (unpaired) electrons. The standard InChI is InChI=1S/C26H17BrN6O4/c27-15-8-9-18(16(12-15)23-32-26(36)37-33-23)30-25(35)21-11-14-5-3-7-19(22(14)29-21)31-24(34)20-10-13-4-1-2-6-17(13)28-20/h1-12,28-29H,(H,30,35)(H,31,34)(H,32,33,36). The van der Waals surface area contributed by atoms with E-state index in [0.29, 0.717) is 28.1 Å². The van der Waals surface area contributed by atoms with Gasteiger partial charge in [-0.3, -0.25) is 19.1 Å². The minimum Gasteiger partial charge on any atom is -0.351 e. The summed E-state index contributed by atoms with van der Waals surface area (Å²) in [6, 6.07) is 21.6. The molecule has 10 nitrogen and oxygen atoms in total. The third-order valence-electron chi connectivity index (χ3n) is 5.85. The van der Waals surface area contributed by atoms with Crippen molar-refractivity contribution in [2.24, 2.45) is 0 Å². The van der Waals surface area contributed by atoms with Crippen LogP contribution in [0.3, 0.4) is 0 Å². The maximum Gasteiger partial charge on any atom is 0.439 e. The SMILES string of the molecule is O=C(Nc1cccc2cc(C(=O)Nc3ccc(Br)cc3-c3noc(=O)[nH]3)[nH]c12)c1cc2ccccc2[nH]1. The lowest BCUT2D eigenvalue weighted by molar-refractivity contribution is 0.101. The molecule has 3 aromatic heterocycles. The van der Waals surface area contributed by atoms with Crippen LogP contribution in [0.2, 0.25) is 0 Å². The molecule has 6 aromatic rings. The van der Waals surface area contributed by atoms with Crippen molar-refractivity contribution in [3.63, 3.8) is 0 Å². The molecule has 0 spiro atoms. The first-order chi connectivity index (χ1) is 17.9. The number of anilines is 2. The van der Waals surface area contributed by atoms with Crippen molar-refractivity contribution in [1.82, 2.24) is 20.1 Å². The number of rotatable bonds is 5. The molecule has 11 heteroatoms. The topological polar surface area (TPSA) is 149 Å². The molecule has 0 saturated carbocycles. The van der Waals surface area contributed by atoms with Gasteiger partial charge in [0.1, 0.15) is 11.4 Å². The van der Waals surface area contributed by atoms with E-state index < -0.39 is 11.7 Å². The molecule has 0 aliphatic heterocycles. The molecule has 182 valence electrons. The number of amides is 2. The van der Waals surface area contributed by atoms with Crippen molar-refractivity contribution < 1.29 is 14.1 Å². The monoisotopic (exact) mass is 556 g/mol. The Kier molecular flexibility index (Phi) is 5.46. The second kappa shape index (κ2) is 8.95. The molecule has 0 aliphatic carbocycles. The molecule has 6 rings (SSSR count). The van der Waals surface area contributed by atoms with Gasteiger partial charge >= 0.3 is 5.76 Å². The summed E-state index contributed by atoms with van der Waals surface area (Å²) in [4.78, 5) is 46.2. The summed E-state index contributed by atoms with van der Waals surface area (Å²) in [5.74, 6) is -1.24. The predicted octanol–water partition coefficient (Wildman–Crippen LogP) is 5.26. The molecule has 3 heterocycles. The molecule has 0 aliphatic rings. The zero-order valence-corrected chi connectivity index (χ0v) is 20.5. The van der Waals surface area contributed by atoms with Gasteiger partial charge in [0, 0.05) is 26.3 Å². The van der Waals surface area contributed by atoms with Crippen molar-refractivity contribution in [2.75, 3.05) is 10.6 Å². The molecule has 0 atom stereocenters. The summed E-state index contributed by atoms with van der Waals surface area (Å²) in [7, 11) is 0. The zero-order chi connectivity index (χ0) is 25.5. The summed E-state index contributed by atoms with van der Waals surface area (Å²) in [6.07, 6.45) is 0. The van der Waals surface area contributed by atoms with Crippen LogP contribution in [0.25, 0.3) is 33.2 Å². The Hall–Kier alpha value is -4.90. The molecule has 37 heavy (non-hydrogen) atoms. The maximum atomic E-state index is 13.1. The molecule has 0 bridgehead atoms. The second-order valence-electron chi connectivity index (χ2n) is 8.26. The summed E-state index contributed by atoms with van der Waals surface area (Å²) in [5.41, 5.74) is 3.60. The number of carbonyl (C=O) groups excluding carboxylic acids is 2. The van der Waals surface area contributed by atoms with Crippen LogP contribution in [-0.2, 0) is 0 Å². The second-order valence-corrected chi connectivity index (χ2v) is 9.18. The molecule has 2 amide bonds. The van der Waals surface area contributed by atoms with Crippen molar-refractivity contribution in [3.8, 4) is 11.4 Å². The number of aromatic amines is 3. The fourth-order valence-electron chi connectivity index (χ4n) is 4.12. The number of carbonyl (C=O) groups is 2. The fourth-order valence-corrected chi connectivity index (χ4v) is 4.49. The van der Waals surface area contributed by atoms with Crippen LogP contribution in [0.1, 0.15) is 21.0 Å². The average molecular weight is 557 g/mol. The van der Waals surface area contributed by atoms with Crippen LogP contribution in [0.4, 0.5) is 11.4 Å². The Bertz CT molecular complexity index is 1850. The maximum absolute atomic E-state index is 13.1. The summed E-state index contributed by atoms with van der Waals surface area (Å²) in [6.45, 7) is 0. The van der Waals surface area contributed by atoms with Crippen LogP contribution in [0, 0.1) is 0 Å². The highest BCUT2D eigenvalue weighted by Crippen LogP contribution is 2.30. The number of halogens is 1. The van der Waals surface area contributed by atoms with Crippen molar-refractivity contribution in [2.45, 2.75) is 0 Å². The quantitative estimate of drug-likeness (QED) is 0.196. The van der Waals surface area contributed by atoms with E-state index in [1.807, 2.05) is 30.3 Å². The molecule has 0 fully saturated rings. The Morgan fingerprint density at radius 3 is 2.30 bits per heavy atom. The van der Waals surface area contributed by atoms with Crippen LogP contribution >= 0.6 is 15.9 Å². The van der Waals surface area contributed by atoms with E-state index in [1.54, 1.807) is 42.5 Å². The van der Waals surface area contributed by atoms with E-state index in [2.05, 4.69) is 51.2 Å². The Balaban J connectivity index is 1.28. The van der Waals surface area contributed by atoms with E-state index in [0.717, 1.165) is 20.8 Å². The van der Waals surface area contributed by atoms with Gasteiger partial charge in [-0.1, -0.05) is 51.4 Å². The number of fused-ring (bicyclic) bond motifs is 2. The molecule has 0 unspecified atom stereocenters. The van der Waals surface area contributed by atoms with Gasteiger partial charge < -0.3 is 20.6 Å². The fraction of sp³-hybridized carbons (Fsp3) is 0. The van der Waals surface area contributed by atoms with E-state index in [9.17, 15) is 14.4 Å². The third kappa shape index (κ3) is 4.32. The van der Waals surface area contributed by atoms with E-state index in [1.165, 1.54) is 0 Å². The van der Waals surface area contributed by atoms with Crippen LogP contribution in [-0.4, -0.2) is 31.9 Å². The zero-order valence-electron chi connectivity index (χ0n) is 18.9. The lowest BCUT2D eigenvalue weighted by Crippen LogP contribution is -2.14. The lowest BCUT2D eigenvalue weighted by Gasteiger charge is -2.09. The molecular formula is C26H17BrN6O4. The van der Waals surface area contributed by atoms with Gasteiger partial charge in [0.2, 0.25) is 0 Å². The van der Waals surface area contributed by atoms with Crippen LogP contribution < -0.4 is 16.4 Å². The van der Waals surface area contributed by atoms with Crippen molar-refractivity contribution in [1.29, 1.82) is 0 Å². The number of nitrogens with zero attached hydrogens (tertiary/aromatic N) is 1. The summed E-state index contributed by atoms with van der Waals surface area (Å²) in [5, 5.41) is 11.1. The number of hydrogen-bond donors (Lipinski definition) is 5. The first-order valence-electron chi connectivity index (χ1n) is 11.1. The highest BCUT2D eigenvalue weighted by atomic mass is 79.9. The number of hydrogen-bond acceptors (Lipinski definition) is 5. The average Bonchev–Trinajstić information content (AvgIpc) is 3.63. The summed E-state index contributed by atoms with van der Waals surface area (Å²) < 4.78 is 5.33. The molecule has 3 aromatic carbocycles. The van der Waals surface area contributed by atoms with Gasteiger partial charge in [-0.2, -0.15) is 0 Å². The van der Waals surface area contributed by atoms with E-state index in [-0.39, 0.29) is 17.4 Å². The minimum atomic E-state index is -0.704. The first kappa shape index (κ1) is 22.6. The number of benzene rings is 3. The molecule has 0 saturated heterocycles. The van der Waals surface area contributed by atoms with Crippen LogP contribution in [0.15, 0.2) is 86.6 Å². The van der Waals surface area contributed by atoms with Gasteiger partial charge in [0.15, 0.2) is 5.82 Å². The van der Waals surface area contributed by atoms with Gasteiger partial charge in [-0.05, 0) is 42.5 Å². The highest BCUT2D eigenvalue weighted by Gasteiger charge is 2.18. The minimum absolute atomic E-state index is 0.181. The lowest BCUT2D eigenvalue weighted by atomic mass is 10.1. The first-order valence-corrected chi connectivity index (χ1v) is 11.9. The van der Waals surface area contributed by atoms with E-state index >= 15 is 0 Å². The Labute approximate surface area is 216 Å². The van der Waals surface area contributed by atoms with Crippen LogP contribution in [0.5, 0.6) is 0 Å². The van der Waals surface area contributed by atoms with E-state index in [4.69, 9.17) is 0 Å². The number of para-hydroxylation sites is 2. The normalized spacial score (nSPS) is 11.2. The van der Waals surface area contributed by atoms with Gasteiger partial charge in [-0.25, -0.2) is 4.79 Å². The number of nitrogens with one attached hydrogen (secondary N) is 5. The smallest absolute Gasteiger partial charge is 0.351 e. The Morgan fingerprint density at radius 2 is 1.51 bits per heavy atom. The highest BCUT2D eigenvalue weighted by molar-refractivity contribution is 9.10. The summed E-state index contributed by atoms with van der Waals surface area (Å²) >= 11 is 3.38. The van der Waals surface area contributed by atoms with Crippen molar-refractivity contribution in [3.05, 3.63) is 99.2 Å². The predicted molar refractivity (Wildman–Crippen MR) is 143 cm³/mol. The number of H-pyrrole nitrogens is 3. The van der Waals surface area contributed by atoms with Crippen molar-refractivity contribution >= 4 is 60.9 Å². The van der Waals surface area contributed by atoms with Gasteiger partial charge in [-0.15, -0.1) is 0 Å². The number of aromatic nitrogens is 4.